The Labute approximate surface area is 177 Å². The van der Waals surface area contributed by atoms with Gasteiger partial charge in [-0.1, -0.05) is 85.1 Å². The largest absolute Gasteiger partial charge is 0.311 e. The van der Waals surface area contributed by atoms with Crippen LogP contribution in [-0.2, 0) is 7.05 Å². The Hall–Kier alpha value is -2.16. The van der Waals surface area contributed by atoms with Gasteiger partial charge in [-0.3, -0.25) is 9.59 Å². The number of carbonyl (C=O) groups excluding carboxylic acids is 1. The van der Waals surface area contributed by atoms with Crippen LogP contribution in [0.15, 0.2) is 41.2 Å². The van der Waals surface area contributed by atoms with Crippen LogP contribution in [0.3, 0.4) is 0 Å². The number of carbonyl (C=O) groups is 1. The third-order valence-electron chi connectivity index (χ3n) is 4.98. The zero-order chi connectivity index (χ0) is 22.4. The molecule has 29 heavy (non-hydrogen) atoms. The van der Waals surface area contributed by atoms with Crippen LogP contribution in [0.25, 0.3) is 10.9 Å². The number of benzene rings is 1. The van der Waals surface area contributed by atoms with Gasteiger partial charge >= 0.3 is 0 Å². The molecule has 1 aromatic heterocycles. The maximum atomic E-state index is 12.6. The number of hydrogen-bond donors (Lipinski definition) is 0. The Balaban J connectivity index is 0.00000120. The van der Waals surface area contributed by atoms with Crippen molar-refractivity contribution in [3.05, 3.63) is 57.9 Å². The number of pyridine rings is 1. The van der Waals surface area contributed by atoms with E-state index in [9.17, 15) is 9.59 Å². The van der Waals surface area contributed by atoms with E-state index in [2.05, 4.69) is 0 Å². The molecule has 0 aliphatic heterocycles. The summed E-state index contributed by atoms with van der Waals surface area (Å²) in [7, 11) is 1.73. The smallest absolute Gasteiger partial charge is 0.262 e. The van der Waals surface area contributed by atoms with E-state index >= 15 is 0 Å². The van der Waals surface area contributed by atoms with E-state index in [1.165, 1.54) is 19.3 Å². The summed E-state index contributed by atoms with van der Waals surface area (Å²) in [6, 6.07) is 7.72. The minimum absolute atomic E-state index is 0.167. The first-order valence-electron chi connectivity index (χ1n) is 11.4. The summed E-state index contributed by atoms with van der Waals surface area (Å²) in [6.45, 7) is 13.9. The SMILES string of the molecule is CC.CC.CC.Cc1c(C(=O)/C=C/C2CCCCC2)c(=O)n(C)c2ccccc12. The number of aromatic nitrogens is 1. The van der Waals surface area contributed by atoms with Gasteiger partial charge in [0.15, 0.2) is 5.78 Å². The normalized spacial score (nSPS) is 13.5. The molecule has 1 saturated carbocycles. The van der Waals surface area contributed by atoms with Crippen molar-refractivity contribution in [2.24, 2.45) is 13.0 Å². The number of allylic oxidation sites excluding steroid dienone is 2. The zero-order valence-electron chi connectivity index (χ0n) is 19.8. The summed E-state index contributed by atoms with van der Waals surface area (Å²) in [4.78, 5) is 25.2. The van der Waals surface area contributed by atoms with Crippen molar-refractivity contribution in [2.75, 3.05) is 0 Å². The van der Waals surface area contributed by atoms with Crippen LogP contribution in [0, 0.1) is 12.8 Å². The van der Waals surface area contributed by atoms with Gasteiger partial charge < -0.3 is 4.57 Å². The molecule has 0 bridgehead atoms. The zero-order valence-corrected chi connectivity index (χ0v) is 19.8. The van der Waals surface area contributed by atoms with Gasteiger partial charge in [0.2, 0.25) is 0 Å². The van der Waals surface area contributed by atoms with E-state index in [4.69, 9.17) is 0 Å². The summed E-state index contributed by atoms with van der Waals surface area (Å²) in [6.07, 6.45) is 9.70. The first kappa shape index (κ1) is 26.8. The molecule has 3 rings (SSSR count). The lowest BCUT2D eigenvalue weighted by molar-refractivity contribution is 0.104. The fraction of sp³-hybridized carbons (Fsp3) is 0.538. The van der Waals surface area contributed by atoms with Gasteiger partial charge in [0, 0.05) is 12.4 Å². The molecular weight excluding hydrogens is 358 g/mol. The quantitative estimate of drug-likeness (QED) is 0.403. The van der Waals surface area contributed by atoms with Gasteiger partial charge in [-0.25, -0.2) is 0 Å². The molecule has 1 heterocycles. The molecule has 3 heteroatoms. The molecule has 1 aliphatic carbocycles. The second-order valence-electron chi connectivity index (χ2n) is 6.50. The molecule has 0 unspecified atom stereocenters. The highest BCUT2D eigenvalue weighted by Crippen LogP contribution is 2.25. The fourth-order valence-corrected chi connectivity index (χ4v) is 3.58. The number of nitrogens with zero attached hydrogens (tertiary/aromatic N) is 1. The highest BCUT2D eigenvalue weighted by Gasteiger charge is 2.17. The highest BCUT2D eigenvalue weighted by molar-refractivity contribution is 6.07. The van der Waals surface area contributed by atoms with Crippen molar-refractivity contribution >= 4 is 16.7 Å². The minimum atomic E-state index is -0.209. The lowest BCUT2D eigenvalue weighted by atomic mass is 9.88. The maximum absolute atomic E-state index is 12.6. The van der Waals surface area contributed by atoms with Crippen LogP contribution in [0.4, 0.5) is 0 Å². The topological polar surface area (TPSA) is 39.1 Å². The molecule has 1 aromatic carbocycles. The average Bonchev–Trinajstić information content (AvgIpc) is 2.81. The first-order valence-corrected chi connectivity index (χ1v) is 11.4. The molecule has 0 saturated heterocycles. The number of fused-ring (bicyclic) bond motifs is 1. The van der Waals surface area contributed by atoms with Crippen LogP contribution < -0.4 is 5.56 Å². The van der Waals surface area contributed by atoms with E-state index < -0.39 is 0 Å². The number of aryl methyl sites for hydroxylation is 2. The van der Waals surface area contributed by atoms with Gasteiger partial charge in [-0.05, 0) is 43.4 Å². The summed E-state index contributed by atoms with van der Waals surface area (Å²) in [5.74, 6) is 0.316. The molecule has 1 aliphatic rings. The van der Waals surface area contributed by atoms with Gasteiger partial charge in [-0.2, -0.15) is 0 Å². The summed E-state index contributed by atoms with van der Waals surface area (Å²) in [5, 5.41) is 0.962. The Morgan fingerprint density at radius 2 is 1.52 bits per heavy atom. The van der Waals surface area contributed by atoms with E-state index in [1.807, 2.05) is 78.8 Å². The Morgan fingerprint density at radius 3 is 2.10 bits per heavy atom. The van der Waals surface area contributed by atoms with E-state index in [0.717, 1.165) is 29.3 Å². The maximum Gasteiger partial charge on any atom is 0.262 e. The van der Waals surface area contributed by atoms with Crippen LogP contribution in [0.5, 0.6) is 0 Å². The van der Waals surface area contributed by atoms with Crippen LogP contribution in [0.1, 0.15) is 89.6 Å². The van der Waals surface area contributed by atoms with Gasteiger partial charge in [0.05, 0.1) is 11.1 Å². The van der Waals surface area contributed by atoms with Crippen molar-refractivity contribution in [3.8, 4) is 0 Å². The van der Waals surface area contributed by atoms with Crippen molar-refractivity contribution in [1.82, 2.24) is 4.57 Å². The summed E-state index contributed by atoms with van der Waals surface area (Å²) < 4.78 is 1.57. The molecule has 0 amide bonds. The first-order chi connectivity index (χ1) is 14.1. The number of ketones is 1. The third-order valence-corrected chi connectivity index (χ3v) is 4.98. The van der Waals surface area contributed by atoms with Crippen molar-refractivity contribution in [3.63, 3.8) is 0 Å². The summed E-state index contributed by atoms with van der Waals surface area (Å²) in [5.41, 5.74) is 1.74. The van der Waals surface area contributed by atoms with E-state index in [0.29, 0.717) is 11.5 Å². The van der Waals surface area contributed by atoms with E-state index in [-0.39, 0.29) is 11.3 Å². The lowest BCUT2D eigenvalue weighted by Crippen LogP contribution is -2.25. The average molecular weight is 400 g/mol. The predicted octanol–water partition coefficient (Wildman–Crippen LogP) is 7.24. The predicted molar refractivity (Wildman–Crippen MR) is 128 cm³/mol. The number of para-hydroxylation sites is 1. The van der Waals surface area contributed by atoms with Crippen molar-refractivity contribution in [2.45, 2.75) is 80.6 Å². The molecule has 0 atom stereocenters. The highest BCUT2D eigenvalue weighted by atomic mass is 16.1. The molecule has 1 fully saturated rings. The van der Waals surface area contributed by atoms with Crippen LogP contribution in [0.2, 0.25) is 0 Å². The van der Waals surface area contributed by atoms with Gasteiger partial charge in [0.25, 0.3) is 5.56 Å². The van der Waals surface area contributed by atoms with Gasteiger partial charge in [0.1, 0.15) is 0 Å². The third kappa shape index (κ3) is 6.99. The van der Waals surface area contributed by atoms with E-state index in [1.54, 1.807) is 17.7 Å². The monoisotopic (exact) mass is 399 g/mol. The molecule has 0 N–H and O–H groups in total. The Morgan fingerprint density at radius 1 is 0.966 bits per heavy atom. The number of hydrogen-bond acceptors (Lipinski definition) is 2. The van der Waals surface area contributed by atoms with Crippen LogP contribution in [-0.4, -0.2) is 10.4 Å². The second kappa shape index (κ2) is 14.8. The van der Waals surface area contributed by atoms with Gasteiger partial charge in [-0.15, -0.1) is 0 Å². The molecule has 3 nitrogen and oxygen atoms in total. The van der Waals surface area contributed by atoms with Crippen LogP contribution >= 0.6 is 0 Å². The Bertz CT molecular complexity index is 824. The molecule has 0 radical (unpaired) electrons. The lowest BCUT2D eigenvalue weighted by Gasteiger charge is -2.17. The second-order valence-corrected chi connectivity index (χ2v) is 6.50. The van der Waals surface area contributed by atoms with Crippen molar-refractivity contribution in [1.29, 1.82) is 0 Å². The van der Waals surface area contributed by atoms with Crippen molar-refractivity contribution < 1.29 is 4.79 Å². The molecule has 2 aromatic rings. The Kier molecular flexibility index (Phi) is 13.7. The fourth-order valence-electron chi connectivity index (χ4n) is 3.58. The molecular formula is C26H41NO2. The molecule has 0 spiro atoms. The standard InChI is InChI=1S/C20H23NO2.3C2H6/c1-14-16-10-6-7-11-17(16)21(2)20(23)19(14)18(22)13-12-15-8-4-3-5-9-15;3*1-2/h6-7,10-13,15H,3-5,8-9H2,1-2H3;3*1-2H3/b13-12+;;;. The summed E-state index contributed by atoms with van der Waals surface area (Å²) >= 11 is 0. The minimum Gasteiger partial charge on any atom is -0.311 e. The number of rotatable bonds is 3. The molecule has 162 valence electrons.